The van der Waals surface area contributed by atoms with Crippen molar-refractivity contribution in [1.29, 1.82) is 0 Å². The molecule has 0 aromatic heterocycles. The van der Waals surface area contributed by atoms with E-state index >= 15 is 0 Å². The lowest BCUT2D eigenvalue weighted by molar-refractivity contribution is 0.100. The second-order valence-corrected chi connectivity index (χ2v) is 6.34. The highest BCUT2D eigenvalue weighted by Crippen LogP contribution is 2.36. The maximum atomic E-state index is 6.25. The average Bonchev–Trinajstić information content (AvgIpc) is 2.36. The van der Waals surface area contributed by atoms with Crippen LogP contribution in [0.3, 0.4) is 0 Å². The van der Waals surface area contributed by atoms with Gasteiger partial charge in [-0.3, -0.25) is 0 Å². The molecule has 1 aliphatic rings. The molecule has 0 amide bonds. The van der Waals surface area contributed by atoms with Crippen LogP contribution in [-0.2, 0) is 5.33 Å². The van der Waals surface area contributed by atoms with Gasteiger partial charge in [-0.05, 0) is 37.2 Å². The third kappa shape index (κ3) is 3.21. The van der Waals surface area contributed by atoms with E-state index in [-0.39, 0.29) is 0 Å². The lowest BCUT2D eigenvalue weighted by Crippen LogP contribution is -2.29. The lowest BCUT2D eigenvalue weighted by atomic mass is 9.80. The van der Waals surface area contributed by atoms with Gasteiger partial charge in [0.15, 0.2) is 0 Å². The Bertz CT molecular complexity index is 407. The summed E-state index contributed by atoms with van der Waals surface area (Å²) in [7, 11) is 0. The van der Waals surface area contributed by atoms with Gasteiger partial charge in [0.25, 0.3) is 0 Å². The molecule has 1 aliphatic carbocycles. The summed E-state index contributed by atoms with van der Waals surface area (Å²) in [6, 6.07) is 5.93. The lowest BCUT2D eigenvalue weighted by Gasteiger charge is -2.32. The fourth-order valence-corrected chi connectivity index (χ4v) is 3.24. The van der Waals surface area contributed by atoms with Crippen LogP contribution in [0.15, 0.2) is 18.2 Å². The smallest absolute Gasteiger partial charge is 0.142 e. The van der Waals surface area contributed by atoms with Gasteiger partial charge < -0.3 is 4.74 Å². The van der Waals surface area contributed by atoms with Gasteiger partial charge in [-0.2, -0.15) is 0 Å². The Kier molecular flexibility index (Phi) is 4.97. The molecule has 0 heterocycles. The number of benzene rings is 1. The number of para-hydroxylation sites is 1. The van der Waals surface area contributed by atoms with Crippen molar-refractivity contribution in [2.45, 2.75) is 44.5 Å². The zero-order chi connectivity index (χ0) is 13.1. The van der Waals surface area contributed by atoms with Crippen LogP contribution >= 0.6 is 27.5 Å². The maximum Gasteiger partial charge on any atom is 0.142 e. The third-order valence-corrected chi connectivity index (χ3v) is 4.93. The molecule has 2 rings (SSSR count). The first-order valence-corrected chi connectivity index (χ1v) is 8.11. The minimum Gasteiger partial charge on any atom is -0.489 e. The second kappa shape index (κ2) is 6.29. The molecule has 3 atom stereocenters. The van der Waals surface area contributed by atoms with Gasteiger partial charge in [0.2, 0.25) is 0 Å². The minimum absolute atomic E-state index is 0.314. The van der Waals surface area contributed by atoms with Gasteiger partial charge in [-0.25, -0.2) is 0 Å². The molecule has 3 unspecified atom stereocenters. The van der Waals surface area contributed by atoms with E-state index in [1.807, 2.05) is 12.1 Å². The van der Waals surface area contributed by atoms with Crippen molar-refractivity contribution >= 4 is 27.5 Å². The highest BCUT2D eigenvalue weighted by atomic mass is 79.9. The molecule has 0 N–H and O–H groups in total. The van der Waals surface area contributed by atoms with Crippen molar-refractivity contribution in [2.75, 3.05) is 0 Å². The van der Waals surface area contributed by atoms with Crippen LogP contribution in [0.2, 0.25) is 5.02 Å². The summed E-state index contributed by atoms with van der Waals surface area (Å²) in [5, 5.41) is 1.50. The predicted octanol–water partition coefficient (Wildman–Crippen LogP) is 5.44. The molecule has 0 aliphatic heterocycles. The Morgan fingerprint density at radius 3 is 2.72 bits per heavy atom. The molecule has 1 fully saturated rings. The first-order valence-electron chi connectivity index (χ1n) is 6.61. The van der Waals surface area contributed by atoms with Crippen LogP contribution in [0.1, 0.15) is 38.7 Å². The first kappa shape index (κ1) is 14.2. The van der Waals surface area contributed by atoms with E-state index in [9.17, 15) is 0 Å². The van der Waals surface area contributed by atoms with Gasteiger partial charge in [0, 0.05) is 10.9 Å². The Labute approximate surface area is 123 Å². The largest absolute Gasteiger partial charge is 0.489 e. The van der Waals surface area contributed by atoms with Crippen LogP contribution < -0.4 is 4.74 Å². The van der Waals surface area contributed by atoms with Crippen molar-refractivity contribution in [3.8, 4) is 5.75 Å². The number of hydrogen-bond donors (Lipinski definition) is 0. The van der Waals surface area contributed by atoms with E-state index in [0.29, 0.717) is 6.10 Å². The molecule has 0 bridgehead atoms. The molecule has 0 radical (unpaired) electrons. The fourth-order valence-electron chi connectivity index (χ4n) is 2.56. The highest BCUT2D eigenvalue weighted by Gasteiger charge is 2.26. The van der Waals surface area contributed by atoms with Gasteiger partial charge in [0.1, 0.15) is 5.75 Å². The Morgan fingerprint density at radius 1 is 1.28 bits per heavy atom. The summed E-state index contributed by atoms with van der Waals surface area (Å²) >= 11 is 9.74. The fraction of sp³-hybridized carbons (Fsp3) is 0.600. The van der Waals surface area contributed by atoms with Gasteiger partial charge >= 0.3 is 0 Å². The summed E-state index contributed by atoms with van der Waals surface area (Å²) in [4.78, 5) is 0. The van der Waals surface area contributed by atoms with Gasteiger partial charge in [-0.1, -0.05) is 53.5 Å². The first-order chi connectivity index (χ1) is 8.61. The highest BCUT2D eigenvalue weighted by molar-refractivity contribution is 9.08. The van der Waals surface area contributed by atoms with E-state index in [2.05, 4.69) is 35.8 Å². The van der Waals surface area contributed by atoms with Crippen molar-refractivity contribution < 1.29 is 4.74 Å². The van der Waals surface area contributed by atoms with Crippen LogP contribution in [0.5, 0.6) is 5.75 Å². The van der Waals surface area contributed by atoms with E-state index < -0.39 is 0 Å². The summed E-state index contributed by atoms with van der Waals surface area (Å²) in [5.41, 5.74) is 1.13. The quantitative estimate of drug-likeness (QED) is 0.670. The monoisotopic (exact) mass is 330 g/mol. The van der Waals surface area contributed by atoms with Gasteiger partial charge in [0.05, 0.1) is 11.1 Å². The molecule has 1 saturated carbocycles. The van der Waals surface area contributed by atoms with Crippen molar-refractivity contribution in [3.05, 3.63) is 28.8 Å². The molecule has 1 aromatic rings. The van der Waals surface area contributed by atoms with E-state index in [4.69, 9.17) is 16.3 Å². The molecule has 0 spiro atoms. The molecule has 18 heavy (non-hydrogen) atoms. The number of rotatable bonds is 3. The topological polar surface area (TPSA) is 9.23 Å². The van der Waals surface area contributed by atoms with Crippen LogP contribution in [0.4, 0.5) is 0 Å². The number of alkyl halides is 1. The molecule has 0 saturated heterocycles. The molecule has 100 valence electrons. The molecular formula is C15H20BrClO. The Balaban J connectivity index is 2.10. The Morgan fingerprint density at radius 2 is 2.06 bits per heavy atom. The van der Waals surface area contributed by atoms with Crippen LogP contribution in [-0.4, -0.2) is 6.10 Å². The van der Waals surface area contributed by atoms with E-state index in [0.717, 1.165) is 46.3 Å². The Hall–Kier alpha value is -0.210. The number of hydrogen-bond acceptors (Lipinski definition) is 1. The summed E-state index contributed by atoms with van der Waals surface area (Å²) < 4.78 is 6.16. The van der Waals surface area contributed by atoms with Crippen LogP contribution in [0, 0.1) is 11.8 Å². The normalized spacial score (nSPS) is 28.1. The summed E-state index contributed by atoms with van der Waals surface area (Å²) in [5.74, 6) is 2.41. The predicted molar refractivity (Wildman–Crippen MR) is 80.7 cm³/mol. The second-order valence-electron chi connectivity index (χ2n) is 5.37. The molecular weight excluding hydrogens is 312 g/mol. The van der Waals surface area contributed by atoms with Crippen molar-refractivity contribution in [2.24, 2.45) is 11.8 Å². The van der Waals surface area contributed by atoms with E-state index in [1.54, 1.807) is 0 Å². The number of halogens is 2. The summed E-state index contributed by atoms with van der Waals surface area (Å²) in [6.45, 7) is 4.65. The molecule has 3 heteroatoms. The van der Waals surface area contributed by atoms with Crippen molar-refractivity contribution in [3.63, 3.8) is 0 Å². The van der Waals surface area contributed by atoms with E-state index in [1.165, 1.54) is 6.42 Å². The third-order valence-electron chi connectivity index (χ3n) is 4.03. The number of ether oxygens (including phenoxy) is 1. The SMILES string of the molecule is CC1CCC(Oc2c(Cl)cccc2CBr)CC1C. The van der Waals surface area contributed by atoms with Crippen LogP contribution in [0.25, 0.3) is 0 Å². The minimum atomic E-state index is 0.314. The molecule has 1 nitrogen and oxygen atoms in total. The summed E-state index contributed by atoms with van der Waals surface area (Å²) in [6.07, 6.45) is 3.83. The zero-order valence-electron chi connectivity index (χ0n) is 11.0. The zero-order valence-corrected chi connectivity index (χ0v) is 13.3. The average molecular weight is 332 g/mol. The van der Waals surface area contributed by atoms with Gasteiger partial charge in [-0.15, -0.1) is 0 Å². The standard InChI is InChI=1S/C15H20BrClO/c1-10-6-7-13(8-11(10)2)18-15-12(9-16)4-3-5-14(15)17/h3-5,10-11,13H,6-9H2,1-2H3. The maximum absolute atomic E-state index is 6.25. The van der Waals surface area contributed by atoms with Crippen molar-refractivity contribution in [1.82, 2.24) is 0 Å². The molecule has 1 aromatic carbocycles.